The summed E-state index contributed by atoms with van der Waals surface area (Å²) in [6, 6.07) is 3.80. The molecule has 1 aliphatic carbocycles. The number of amides is 1. The molecule has 2 aliphatic rings. The van der Waals surface area contributed by atoms with Crippen LogP contribution in [0.15, 0.2) is 22.8 Å². The number of carbonyl (C=O) groups excluding carboxylic acids is 1. The van der Waals surface area contributed by atoms with Crippen molar-refractivity contribution in [3.8, 4) is 5.88 Å². The number of hydrogen-bond donors (Lipinski definition) is 0. The van der Waals surface area contributed by atoms with Crippen molar-refractivity contribution in [2.45, 2.75) is 64.4 Å². The highest BCUT2D eigenvalue weighted by atomic mass is 79.9. The fourth-order valence-corrected chi connectivity index (χ4v) is 4.44. The lowest BCUT2D eigenvalue weighted by Crippen LogP contribution is -2.37. The summed E-state index contributed by atoms with van der Waals surface area (Å²) in [5.74, 6) is 2.05. The molecule has 25 heavy (non-hydrogen) atoms. The van der Waals surface area contributed by atoms with Gasteiger partial charge >= 0.3 is 0 Å². The zero-order valence-electron chi connectivity index (χ0n) is 15.1. The molecular formula is C20H29BrN2O2. The first kappa shape index (κ1) is 18.7. The molecule has 2 heterocycles. The molecule has 0 bridgehead atoms. The second-order valence-electron chi connectivity index (χ2n) is 7.46. The molecule has 2 fully saturated rings. The zero-order valence-corrected chi connectivity index (χ0v) is 16.7. The molecule has 0 spiro atoms. The third-order valence-electron chi connectivity index (χ3n) is 5.62. The Balaban J connectivity index is 1.46. The number of nitrogens with zero attached hydrogens (tertiary/aromatic N) is 2. The molecule has 0 radical (unpaired) electrons. The van der Waals surface area contributed by atoms with Crippen LogP contribution in [0.1, 0.15) is 58.3 Å². The molecule has 1 aliphatic heterocycles. The topological polar surface area (TPSA) is 42.4 Å². The van der Waals surface area contributed by atoms with Crippen molar-refractivity contribution in [3.63, 3.8) is 0 Å². The summed E-state index contributed by atoms with van der Waals surface area (Å²) in [5.41, 5.74) is 0. The zero-order chi connectivity index (χ0) is 17.6. The van der Waals surface area contributed by atoms with E-state index in [-0.39, 0.29) is 12.0 Å². The largest absolute Gasteiger partial charge is 0.472 e. The van der Waals surface area contributed by atoms with Crippen LogP contribution in [-0.2, 0) is 4.79 Å². The van der Waals surface area contributed by atoms with E-state index in [9.17, 15) is 4.79 Å². The summed E-state index contributed by atoms with van der Waals surface area (Å²) in [6.45, 7) is 3.76. The molecule has 0 aromatic carbocycles. The Labute approximate surface area is 159 Å². The van der Waals surface area contributed by atoms with Gasteiger partial charge in [-0.05, 0) is 59.7 Å². The predicted molar refractivity (Wildman–Crippen MR) is 103 cm³/mol. The van der Waals surface area contributed by atoms with Crippen molar-refractivity contribution >= 4 is 21.8 Å². The van der Waals surface area contributed by atoms with Gasteiger partial charge in [0.25, 0.3) is 0 Å². The maximum atomic E-state index is 12.8. The van der Waals surface area contributed by atoms with Gasteiger partial charge in [0.2, 0.25) is 11.8 Å². The number of unbranched alkanes of at least 4 members (excludes halogenated alkanes) is 1. The van der Waals surface area contributed by atoms with Crippen LogP contribution in [0.25, 0.3) is 0 Å². The number of rotatable bonds is 6. The summed E-state index contributed by atoms with van der Waals surface area (Å²) in [6.07, 6.45) is 11.2. The van der Waals surface area contributed by atoms with Gasteiger partial charge in [0, 0.05) is 25.1 Å². The lowest BCUT2D eigenvalue weighted by atomic mass is 9.79. The number of hydrogen-bond acceptors (Lipinski definition) is 3. The Bertz CT molecular complexity index is 573. The van der Waals surface area contributed by atoms with Gasteiger partial charge < -0.3 is 9.64 Å². The molecule has 1 saturated heterocycles. The van der Waals surface area contributed by atoms with Crippen LogP contribution in [0.4, 0.5) is 0 Å². The Kier molecular flexibility index (Phi) is 6.74. The fraction of sp³-hybridized carbons (Fsp3) is 0.700. The third kappa shape index (κ3) is 4.96. The van der Waals surface area contributed by atoms with Gasteiger partial charge in [-0.15, -0.1) is 0 Å². The van der Waals surface area contributed by atoms with Gasteiger partial charge in [-0.1, -0.05) is 26.2 Å². The van der Waals surface area contributed by atoms with Crippen LogP contribution in [0.3, 0.4) is 0 Å². The van der Waals surface area contributed by atoms with E-state index < -0.39 is 0 Å². The van der Waals surface area contributed by atoms with E-state index in [1.165, 1.54) is 32.1 Å². The van der Waals surface area contributed by atoms with Crippen molar-refractivity contribution in [1.82, 2.24) is 9.88 Å². The third-order valence-corrected chi connectivity index (χ3v) is 6.23. The number of halogens is 1. The average molecular weight is 409 g/mol. The second kappa shape index (κ2) is 9.02. The number of likely N-dealkylation sites (tertiary alicyclic amines) is 1. The minimum absolute atomic E-state index is 0.0519. The fourth-order valence-electron chi connectivity index (χ4n) is 4.09. The van der Waals surface area contributed by atoms with Gasteiger partial charge in [-0.2, -0.15) is 0 Å². The summed E-state index contributed by atoms with van der Waals surface area (Å²) in [7, 11) is 0. The van der Waals surface area contributed by atoms with Crippen molar-refractivity contribution in [2.75, 3.05) is 13.1 Å². The molecule has 3 rings (SSSR count). The van der Waals surface area contributed by atoms with Crippen LogP contribution < -0.4 is 4.74 Å². The van der Waals surface area contributed by atoms with E-state index in [1.807, 2.05) is 17.0 Å². The number of carbonyl (C=O) groups is 1. The van der Waals surface area contributed by atoms with Crippen molar-refractivity contribution in [1.29, 1.82) is 0 Å². The summed E-state index contributed by atoms with van der Waals surface area (Å²) < 4.78 is 6.85. The Morgan fingerprint density at radius 3 is 2.84 bits per heavy atom. The number of ether oxygens (including phenoxy) is 1. The number of pyridine rings is 1. The Hall–Kier alpha value is -1.10. The Morgan fingerprint density at radius 1 is 1.32 bits per heavy atom. The lowest BCUT2D eigenvalue weighted by Gasteiger charge is -2.30. The summed E-state index contributed by atoms with van der Waals surface area (Å²) in [4.78, 5) is 19.1. The van der Waals surface area contributed by atoms with E-state index in [0.717, 1.165) is 36.2 Å². The molecule has 1 aromatic rings. The minimum Gasteiger partial charge on any atom is -0.472 e. The van der Waals surface area contributed by atoms with E-state index in [0.29, 0.717) is 18.3 Å². The molecule has 1 unspecified atom stereocenters. The van der Waals surface area contributed by atoms with E-state index >= 15 is 0 Å². The summed E-state index contributed by atoms with van der Waals surface area (Å²) >= 11 is 3.47. The SMILES string of the molecule is CCCCC1CCC(C(=O)N2CCC(Oc3ncccc3Br)C2)CC1. The quantitative estimate of drug-likeness (QED) is 0.677. The molecule has 4 nitrogen and oxygen atoms in total. The van der Waals surface area contributed by atoms with Gasteiger partial charge in [0.05, 0.1) is 11.0 Å². The van der Waals surface area contributed by atoms with Crippen molar-refractivity contribution in [3.05, 3.63) is 22.8 Å². The van der Waals surface area contributed by atoms with E-state index in [2.05, 4.69) is 27.8 Å². The highest BCUT2D eigenvalue weighted by molar-refractivity contribution is 9.10. The standard InChI is InChI=1S/C20H29BrN2O2/c1-2-3-5-15-7-9-16(10-8-15)20(24)23-13-11-17(14-23)25-19-18(21)6-4-12-22-19/h4,6,12,15-17H,2-3,5,7-11,13-14H2,1H3. The number of aromatic nitrogens is 1. The first-order valence-electron chi connectivity index (χ1n) is 9.73. The van der Waals surface area contributed by atoms with Gasteiger partial charge in [0.15, 0.2) is 0 Å². The van der Waals surface area contributed by atoms with Crippen LogP contribution in [0.5, 0.6) is 5.88 Å². The van der Waals surface area contributed by atoms with Crippen LogP contribution in [0.2, 0.25) is 0 Å². The maximum absolute atomic E-state index is 12.8. The molecule has 1 saturated carbocycles. The molecular weight excluding hydrogens is 380 g/mol. The van der Waals surface area contributed by atoms with E-state index in [1.54, 1.807) is 6.20 Å². The molecule has 1 aromatic heterocycles. The minimum atomic E-state index is 0.0519. The summed E-state index contributed by atoms with van der Waals surface area (Å²) in [5, 5.41) is 0. The van der Waals surface area contributed by atoms with Crippen LogP contribution in [0, 0.1) is 11.8 Å². The molecule has 5 heteroatoms. The van der Waals surface area contributed by atoms with E-state index in [4.69, 9.17) is 4.74 Å². The van der Waals surface area contributed by atoms with Gasteiger partial charge in [-0.3, -0.25) is 4.79 Å². The first-order valence-corrected chi connectivity index (χ1v) is 10.5. The smallest absolute Gasteiger partial charge is 0.228 e. The molecule has 1 amide bonds. The lowest BCUT2D eigenvalue weighted by molar-refractivity contribution is -0.136. The van der Waals surface area contributed by atoms with Gasteiger partial charge in [-0.25, -0.2) is 4.98 Å². The van der Waals surface area contributed by atoms with Gasteiger partial charge in [0.1, 0.15) is 6.10 Å². The second-order valence-corrected chi connectivity index (χ2v) is 8.32. The Morgan fingerprint density at radius 2 is 2.12 bits per heavy atom. The highest BCUT2D eigenvalue weighted by Crippen LogP contribution is 2.34. The first-order chi connectivity index (χ1) is 12.2. The van der Waals surface area contributed by atoms with Crippen LogP contribution >= 0.6 is 15.9 Å². The molecule has 1 atom stereocenters. The normalized spacial score (nSPS) is 26.6. The highest BCUT2D eigenvalue weighted by Gasteiger charge is 2.34. The predicted octanol–water partition coefficient (Wildman–Crippen LogP) is 4.82. The average Bonchev–Trinajstić information content (AvgIpc) is 3.10. The van der Waals surface area contributed by atoms with Crippen molar-refractivity contribution in [2.24, 2.45) is 11.8 Å². The molecule has 0 N–H and O–H groups in total. The monoisotopic (exact) mass is 408 g/mol. The van der Waals surface area contributed by atoms with Crippen molar-refractivity contribution < 1.29 is 9.53 Å². The maximum Gasteiger partial charge on any atom is 0.228 e. The molecule has 138 valence electrons. The van der Waals surface area contributed by atoms with Crippen LogP contribution in [-0.4, -0.2) is 35.0 Å².